The third-order valence-corrected chi connectivity index (χ3v) is 6.33. The summed E-state index contributed by atoms with van der Waals surface area (Å²) < 4.78 is 1.68. The number of aromatic nitrogens is 2. The van der Waals surface area contributed by atoms with Crippen LogP contribution in [0.5, 0.6) is 0 Å². The molecule has 0 N–H and O–H groups in total. The molecule has 0 saturated carbocycles. The van der Waals surface area contributed by atoms with Gasteiger partial charge in [0.05, 0.1) is 16.7 Å². The first-order valence-corrected chi connectivity index (χ1v) is 10.9. The van der Waals surface area contributed by atoms with Gasteiger partial charge in [-0.05, 0) is 57.7 Å². The third kappa shape index (κ3) is 4.32. The van der Waals surface area contributed by atoms with E-state index >= 15 is 0 Å². The first-order valence-electron chi connectivity index (χ1n) is 9.56. The van der Waals surface area contributed by atoms with Gasteiger partial charge < -0.3 is 4.90 Å². The molecular formula is C20H26ClN3O2S. The molecule has 1 aliphatic heterocycles. The van der Waals surface area contributed by atoms with Gasteiger partial charge in [0.1, 0.15) is 0 Å². The number of likely N-dealkylation sites (tertiary alicyclic amines) is 1. The summed E-state index contributed by atoms with van der Waals surface area (Å²) >= 11 is 7.41. The Morgan fingerprint density at radius 2 is 2.00 bits per heavy atom. The second kappa shape index (κ2) is 8.65. The van der Waals surface area contributed by atoms with Crippen molar-refractivity contribution in [3.63, 3.8) is 0 Å². The lowest BCUT2D eigenvalue weighted by Gasteiger charge is -2.39. The molecule has 2 atom stereocenters. The van der Waals surface area contributed by atoms with Crippen LogP contribution in [0.4, 0.5) is 0 Å². The van der Waals surface area contributed by atoms with Crippen molar-refractivity contribution in [2.75, 3.05) is 5.75 Å². The van der Waals surface area contributed by atoms with E-state index in [9.17, 15) is 9.59 Å². The summed E-state index contributed by atoms with van der Waals surface area (Å²) in [6.07, 6.45) is 4.09. The number of halogens is 1. The van der Waals surface area contributed by atoms with Crippen LogP contribution in [0, 0.1) is 0 Å². The molecule has 0 radical (unpaired) electrons. The number of hydrogen-bond donors (Lipinski definition) is 0. The van der Waals surface area contributed by atoms with Crippen molar-refractivity contribution < 1.29 is 4.79 Å². The van der Waals surface area contributed by atoms with Gasteiger partial charge in [0.15, 0.2) is 5.16 Å². The number of fused-ring (bicyclic) bond motifs is 1. The van der Waals surface area contributed by atoms with Crippen molar-refractivity contribution in [2.45, 2.75) is 70.2 Å². The Morgan fingerprint density at radius 3 is 2.67 bits per heavy atom. The Morgan fingerprint density at radius 1 is 1.30 bits per heavy atom. The minimum Gasteiger partial charge on any atom is -0.337 e. The number of nitrogens with zero attached hydrogens (tertiary/aromatic N) is 3. The monoisotopic (exact) mass is 407 g/mol. The molecule has 1 aromatic carbocycles. The highest BCUT2D eigenvalue weighted by Gasteiger charge is 2.29. The van der Waals surface area contributed by atoms with Crippen LogP contribution in [0.3, 0.4) is 0 Å². The fraction of sp³-hybridized carbons (Fsp3) is 0.550. The van der Waals surface area contributed by atoms with E-state index in [1.165, 1.54) is 18.2 Å². The minimum absolute atomic E-state index is 0.0758. The molecule has 27 heavy (non-hydrogen) atoms. The third-order valence-electron chi connectivity index (χ3n) is 5.14. The molecule has 0 unspecified atom stereocenters. The highest BCUT2D eigenvalue weighted by molar-refractivity contribution is 7.99. The maximum absolute atomic E-state index is 12.9. The standard InChI is InChI=1S/C20H26ClN3O2S/c1-4-10-23-19(26)16-9-8-15(21)11-17(16)22-20(23)27-12-18(25)24-13(2)6-5-7-14(24)3/h8-9,11,13-14H,4-7,10,12H2,1-3H3/t13-,14-/m1/s1. The van der Waals surface area contributed by atoms with Crippen molar-refractivity contribution in [2.24, 2.45) is 0 Å². The predicted octanol–water partition coefficient (Wildman–Crippen LogP) is 4.34. The largest absolute Gasteiger partial charge is 0.337 e. The fourth-order valence-corrected chi connectivity index (χ4v) is 4.88. The average Bonchev–Trinajstić information content (AvgIpc) is 2.62. The Balaban J connectivity index is 1.88. The quantitative estimate of drug-likeness (QED) is 0.546. The number of carbonyl (C=O) groups is 1. The number of carbonyl (C=O) groups excluding carboxylic acids is 1. The first kappa shape index (κ1) is 20.2. The summed E-state index contributed by atoms with van der Waals surface area (Å²) in [5, 5.41) is 1.69. The van der Waals surface area contributed by atoms with E-state index in [1.54, 1.807) is 22.8 Å². The van der Waals surface area contributed by atoms with Gasteiger partial charge in [-0.25, -0.2) is 4.98 Å². The zero-order valence-corrected chi connectivity index (χ0v) is 17.6. The highest BCUT2D eigenvalue weighted by Crippen LogP contribution is 2.25. The number of thioether (sulfide) groups is 1. The summed E-state index contributed by atoms with van der Waals surface area (Å²) in [6.45, 7) is 6.83. The highest BCUT2D eigenvalue weighted by atomic mass is 35.5. The van der Waals surface area contributed by atoms with Gasteiger partial charge in [-0.3, -0.25) is 14.2 Å². The molecule has 5 nitrogen and oxygen atoms in total. The Bertz CT molecular complexity index is 889. The summed E-state index contributed by atoms with van der Waals surface area (Å²) in [5.74, 6) is 0.403. The van der Waals surface area contributed by atoms with Crippen LogP contribution in [0.15, 0.2) is 28.2 Å². The number of hydrogen-bond acceptors (Lipinski definition) is 4. The van der Waals surface area contributed by atoms with E-state index in [-0.39, 0.29) is 29.3 Å². The van der Waals surface area contributed by atoms with Crippen LogP contribution in [0.25, 0.3) is 10.9 Å². The van der Waals surface area contributed by atoms with Crippen LogP contribution >= 0.6 is 23.4 Å². The van der Waals surface area contributed by atoms with Crippen LogP contribution in [-0.2, 0) is 11.3 Å². The van der Waals surface area contributed by atoms with E-state index in [2.05, 4.69) is 18.8 Å². The second-order valence-electron chi connectivity index (χ2n) is 7.23. The van der Waals surface area contributed by atoms with E-state index in [1.807, 2.05) is 11.8 Å². The van der Waals surface area contributed by atoms with Gasteiger partial charge in [-0.2, -0.15) is 0 Å². The minimum atomic E-state index is -0.0758. The van der Waals surface area contributed by atoms with Crippen LogP contribution in [0.1, 0.15) is 46.5 Å². The first-order chi connectivity index (χ1) is 12.9. The Hall–Kier alpha value is -1.53. The SMILES string of the molecule is CCCn1c(SCC(=O)N2[C@H](C)CCC[C@H]2C)nc2cc(Cl)ccc2c1=O. The zero-order valence-electron chi connectivity index (χ0n) is 16.1. The summed E-state index contributed by atoms with van der Waals surface area (Å²) in [5.41, 5.74) is 0.502. The van der Waals surface area contributed by atoms with Crippen molar-refractivity contribution in [1.29, 1.82) is 0 Å². The van der Waals surface area contributed by atoms with Gasteiger partial charge in [0.2, 0.25) is 5.91 Å². The fourth-order valence-electron chi connectivity index (χ4n) is 3.82. The van der Waals surface area contributed by atoms with E-state index in [0.29, 0.717) is 27.6 Å². The van der Waals surface area contributed by atoms with Gasteiger partial charge in [-0.1, -0.05) is 30.3 Å². The summed E-state index contributed by atoms with van der Waals surface area (Å²) in [6, 6.07) is 5.66. The van der Waals surface area contributed by atoms with Crippen LogP contribution in [0.2, 0.25) is 5.02 Å². The Kier molecular flexibility index (Phi) is 6.48. The van der Waals surface area contributed by atoms with Crippen LogP contribution < -0.4 is 5.56 Å². The molecule has 1 aromatic heterocycles. The molecule has 7 heteroatoms. The number of benzene rings is 1. The maximum Gasteiger partial charge on any atom is 0.262 e. The number of piperidine rings is 1. The number of amides is 1. The molecule has 0 bridgehead atoms. The zero-order chi connectivity index (χ0) is 19.6. The van der Waals surface area contributed by atoms with Crippen molar-refractivity contribution in [1.82, 2.24) is 14.5 Å². The molecular weight excluding hydrogens is 382 g/mol. The van der Waals surface area contributed by atoms with Gasteiger partial charge in [0.25, 0.3) is 5.56 Å². The number of rotatable bonds is 5. The predicted molar refractivity (Wildman–Crippen MR) is 112 cm³/mol. The molecule has 0 aliphatic carbocycles. The molecule has 146 valence electrons. The molecule has 1 amide bonds. The second-order valence-corrected chi connectivity index (χ2v) is 8.61. The summed E-state index contributed by atoms with van der Waals surface area (Å²) in [7, 11) is 0. The normalized spacial score (nSPS) is 20.2. The van der Waals surface area contributed by atoms with E-state index in [4.69, 9.17) is 11.6 Å². The lowest BCUT2D eigenvalue weighted by molar-refractivity contribution is -0.134. The van der Waals surface area contributed by atoms with E-state index in [0.717, 1.165) is 19.3 Å². The molecule has 1 saturated heterocycles. The molecule has 2 aromatic rings. The van der Waals surface area contributed by atoms with Crippen LogP contribution in [-0.4, -0.2) is 38.2 Å². The van der Waals surface area contributed by atoms with Gasteiger partial charge >= 0.3 is 0 Å². The Labute approximate surface area is 169 Å². The molecule has 3 rings (SSSR count). The molecule has 1 aliphatic rings. The molecule has 2 heterocycles. The lowest BCUT2D eigenvalue weighted by atomic mass is 9.98. The maximum atomic E-state index is 12.9. The molecule has 1 fully saturated rings. The topological polar surface area (TPSA) is 55.2 Å². The van der Waals surface area contributed by atoms with Crippen molar-refractivity contribution in [3.05, 3.63) is 33.6 Å². The lowest BCUT2D eigenvalue weighted by Crippen LogP contribution is -2.48. The molecule has 0 spiro atoms. The summed E-state index contributed by atoms with van der Waals surface area (Å²) in [4.78, 5) is 32.3. The van der Waals surface area contributed by atoms with E-state index < -0.39 is 0 Å². The average molecular weight is 408 g/mol. The van der Waals surface area contributed by atoms with Crippen molar-refractivity contribution >= 4 is 40.2 Å². The van der Waals surface area contributed by atoms with Gasteiger partial charge in [0, 0.05) is 23.7 Å². The van der Waals surface area contributed by atoms with Gasteiger partial charge in [-0.15, -0.1) is 0 Å². The van der Waals surface area contributed by atoms with Crippen molar-refractivity contribution in [3.8, 4) is 0 Å². The smallest absolute Gasteiger partial charge is 0.262 e.